The van der Waals surface area contributed by atoms with Crippen LogP contribution in [-0.2, 0) is 19.7 Å². The van der Waals surface area contributed by atoms with Crippen LogP contribution in [-0.4, -0.2) is 64.9 Å². The van der Waals surface area contributed by atoms with Gasteiger partial charge < -0.3 is 26.6 Å². The summed E-state index contributed by atoms with van der Waals surface area (Å²) in [6, 6.07) is 23.7. The first-order chi connectivity index (χ1) is 27.4. The normalized spacial score (nSPS) is 25.9. The number of aliphatic hydroxyl groups excluding tert-OH is 2. The van der Waals surface area contributed by atoms with Gasteiger partial charge in [0.1, 0.15) is 5.82 Å². The number of aliphatic hydroxyl groups is 2. The number of nitrogens with two attached hydrogens (primary N) is 2. The third-order valence-electron chi connectivity index (χ3n) is 12.7. The fourth-order valence-electron chi connectivity index (χ4n) is 9.22. The fraction of sp³-hybridized carbons (Fsp3) is 0.478. The van der Waals surface area contributed by atoms with E-state index in [9.17, 15) is 31.4 Å². The van der Waals surface area contributed by atoms with Crippen LogP contribution in [0.3, 0.4) is 0 Å². The minimum Gasteiger partial charge on any atom is -0.399 e. The second-order valence-electron chi connectivity index (χ2n) is 16.6. The molecule has 6 rings (SSSR count). The zero-order chi connectivity index (χ0) is 42.6. The Morgan fingerprint density at radius 2 is 1.09 bits per heavy atom. The van der Waals surface area contributed by atoms with Crippen LogP contribution in [0.1, 0.15) is 113 Å². The van der Waals surface area contributed by atoms with E-state index in [4.69, 9.17) is 11.5 Å². The zero-order valence-electron chi connectivity index (χ0n) is 34.8. The summed E-state index contributed by atoms with van der Waals surface area (Å²) in [4.78, 5) is 2.38. The van der Waals surface area contributed by atoms with Crippen molar-refractivity contribution in [3.05, 3.63) is 113 Å². The molecular weight excluding hydrogens is 774 g/mol. The van der Waals surface area contributed by atoms with E-state index in [0.717, 1.165) is 36.9 Å². The van der Waals surface area contributed by atoms with Crippen molar-refractivity contribution in [2.45, 2.75) is 113 Å². The number of unbranched alkanes of at least 4 members (excludes halogenated alkanes) is 2. The van der Waals surface area contributed by atoms with E-state index in [0.29, 0.717) is 58.6 Å². The van der Waals surface area contributed by atoms with Gasteiger partial charge in [-0.05, 0) is 109 Å². The van der Waals surface area contributed by atoms with Gasteiger partial charge in [0.25, 0.3) is 0 Å². The second-order valence-corrected chi connectivity index (χ2v) is 20.6. The molecule has 12 heteroatoms. The van der Waals surface area contributed by atoms with Crippen LogP contribution in [0, 0.1) is 16.6 Å². The number of halogens is 1. The Balaban J connectivity index is 0.000000221. The van der Waals surface area contributed by atoms with Crippen molar-refractivity contribution in [3.63, 3.8) is 0 Å². The van der Waals surface area contributed by atoms with Gasteiger partial charge in [-0.3, -0.25) is 0 Å². The molecule has 0 unspecified atom stereocenters. The lowest BCUT2D eigenvalue weighted by atomic mass is 9.69. The van der Waals surface area contributed by atoms with Crippen LogP contribution in [0.2, 0.25) is 0 Å². The van der Waals surface area contributed by atoms with Gasteiger partial charge in [0.15, 0.2) is 19.7 Å². The fourth-order valence-corrected chi connectivity index (χ4v) is 13.7. The molecule has 0 fully saturated rings. The summed E-state index contributed by atoms with van der Waals surface area (Å²) < 4.78 is 67.8. The molecule has 2 heterocycles. The molecule has 2 aliphatic heterocycles. The molecule has 0 aliphatic carbocycles. The summed E-state index contributed by atoms with van der Waals surface area (Å²) in [6.07, 6.45) is 4.13. The van der Waals surface area contributed by atoms with Gasteiger partial charge in [-0.2, -0.15) is 0 Å². The van der Waals surface area contributed by atoms with Crippen molar-refractivity contribution < 1.29 is 31.4 Å². The van der Waals surface area contributed by atoms with E-state index in [1.807, 2.05) is 82.2 Å². The third kappa shape index (κ3) is 9.10. The number of hydrogen-bond donors (Lipinski definition) is 4. The zero-order valence-corrected chi connectivity index (χ0v) is 36.4. The summed E-state index contributed by atoms with van der Waals surface area (Å²) in [5.41, 5.74) is 15.1. The highest BCUT2D eigenvalue weighted by atomic mass is 32.2. The van der Waals surface area contributed by atoms with E-state index >= 15 is 0 Å². The molecule has 4 aromatic rings. The van der Waals surface area contributed by atoms with Crippen LogP contribution in [0.25, 0.3) is 0 Å². The highest BCUT2D eigenvalue weighted by Gasteiger charge is 2.50. The molecule has 0 spiro atoms. The minimum atomic E-state index is -3.69. The van der Waals surface area contributed by atoms with E-state index in [1.165, 1.54) is 18.2 Å². The number of sulfone groups is 2. The van der Waals surface area contributed by atoms with Crippen LogP contribution in [0.5, 0.6) is 0 Å². The Morgan fingerprint density at radius 3 is 1.48 bits per heavy atom. The van der Waals surface area contributed by atoms with Crippen molar-refractivity contribution >= 4 is 36.7 Å². The van der Waals surface area contributed by atoms with Gasteiger partial charge in [0.05, 0.1) is 33.5 Å². The predicted molar refractivity (Wildman–Crippen MR) is 233 cm³/mol. The Morgan fingerprint density at radius 1 is 0.655 bits per heavy atom. The van der Waals surface area contributed by atoms with Gasteiger partial charge in [-0.25, -0.2) is 21.2 Å². The van der Waals surface area contributed by atoms with Crippen LogP contribution in [0.4, 0.5) is 21.5 Å². The van der Waals surface area contributed by atoms with Gasteiger partial charge in [0, 0.05) is 53.8 Å². The summed E-state index contributed by atoms with van der Waals surface area (Å²) in [5.74, 6) is -1.83. The van der Waals surface area contributed by atoms with Crippen LogP contribution >= 0.6 is 0 Å². The molecule has 0 saturated heterocycles. The first-order valence-electron chi connectivity index (χ1n) is 20.5. The van der Waals surface area contributed by atoms with Crippen LogP contribution in [0.15, 0.2) is 94.7 Å². The molecule has 0 amide bonds. The van der Waals surface area contributed by atoms with Crippen molar-refractivity contribution in [2.75, 3.05) is 42.0 Å². The Kier molecular flexibility index (Phi) is 14.1. The highest BCUT2D eigenvalue weighted by molar-refractivity contribution is 7.91. The number of fused-ring (bicyclic) bond motifs is 2. The molecule has 316 valence electrons. The van der Waals surface area contributed by atoms with Crippen molar-refractivity contribution in [1.29, 1.82) is 0 Å². The number of nitrogen functional groups attached to an aromatic ring is 2. The quantitative estimate of drug-likeness (QED) is 0.0857. The second kappa shape index (κ2) is 18.1. The van der Waals surface area contributed by atoms with Crippen molar-refractivity contribution in [2.24, 2.45) is 10.8 Å². The molecule has 4 aromatic carbocycles. The highest BCUT2D eigenvalue weighted by Crippen LogP contribution is 2.51. The largest absolute Gasteiger partial charge is 0.399 e. The average Bonchev–Trinajstić information content (AvgIpc) is 3.30. The van der Waals surface area contributed by atoms with E-state index < -0.39 is 60.4 Å². The SMILES string of the molecule is CCCC[C@]1(CC)CS(=O)(=O)c2ccc(F)cc2[C@H](c2cccc(N)c2)[C@@H]1O.CCCC[C@]1(CC)CS(=O)(=O)c2ccc(N(C)C)cc2[C@H](c2cccc(N)c2)[C@@H]1O. The minimum absolute atomic E-state index is 0.0369. The standard InChI is InChI=1S/C24H34N2O3S.C22H28FNO3S/c1-5-7-13-24(6-2)16-30(28,29)21-12-11-19(26(3)4)15-20(21)22(23(24)27)17-9-8-10-18(25)14-17;1-3-5-11-22(4-2)14-28(26,27)19-10-9-16(23)13-18(19)20(21(22)25)15-7-6-8-17(24)12-15/h8-12,14-15,22-23,27H,5-7,13,16,25H2,1-4H3;6-10,12-13,20-21,25H,3-5,11,14,24H2,1-2H3/t22-,23-,24+;20-,21-,22+/m00/s1. The predicted octanol–water partition coefficient (Wildman–Crippen LogP) is 8.48. The van der Waals surface area contributed by atoms with Gasteiger partial charge in [0.2, 0.25) is 0 Å². The Hall–Kier alpha value is -3.97. The maximum atomic E-state index is 14.2. The molecular formula is C46H62FN3O6S2. The molecule has 6 N–H and O–H groups in total. The maximum Gasteiger partial charge on any atom is 0.179 e. The summed E-state index contributed by atoms with van der Waals surface area (Å²) in [7, 11) is -3.40. The maximum absolute atomic E-state index is 14.2. The molecule has 58 heavy (non-hydrogen) atoms. The number of hydrogen-bond acceptors (Lipinski definition) is 9. The topological polar surface area (TPSA) is 164 Å². The molecule has 9 nitrogen and oxygen atoms in total. The van der Waals surface area contributed by atoms with Gasteiger partial charge >= 0.3 is 0 Å². The Labute approximate surface area is 345 Å². The lowest BCUT2D eigenvalue weighted by Crippen LogP contribution is -2.42. The molecule has 6 atom stereocenters. The molecule has 2 aliphatic rings. The first-order valence-corrected chi connectivity index (χ1v) is 23.8. The number of anilines is 3. The molecule has 0 saturated carbocycles. The van der Waals surface area contributed by atoms with E-state index in [2.05, 4.69) is 6.92 Å². The first kappa shape index (κ1) is 45.1. The van der Waals surface area contributed by atoms with Gasteiger partial charge in [-0.1, -0.05) is 77.6 Å². The van der Waals surface area contributed by atoms with E-state index in [-0.39, 0.29) is 16.4 Å². The van der Waals surface area contributed by atoms with Crippen molar-refractivity contribution in [1.82, 2.24) is 0 Å². The number of nitrogens with zero attached hydrogens (tertiary/aromatic N) is 1. The van der Waals surface area contributed by atoms with E-state index in [1.54, 1.807) is 24.3 Å². The number of rotatable bonds is 11. The van der Waals surface area contributed by atoms with Gasteiger partial charge in [-0.15, -0.1) is 0 Å². The summed E-state index contributed by atoms with van der Waals surface area (Å²) >= 11 is 0. The van der Waals surface area contributed by atoms with Crippen molar-refractivity contribution in [3.8, 4) is 0 Å². The smallest absolute Gasteiger partial charge is 0.179 e. The molecule has 0 radical (unpaired) electrons. The monoisotopic (exact) mass is 835 g/mol. The third-order valence-corrected chi connectivity index (χ3v) is 16.7. The average molecular weight is 836 g/mol. The summed E-state index contributed by atoms with van der Waals surface area (Å²) in [6.45, 7) is 8.04. The molecule has 0 bridgehead atoms. The molecule has 0 aromatic heterocycles. The van der Waals surface area contributed by atoms with Crippen LogP contribution < -0.4 is 16.4 Å². The Bertz CT molecular complexity index is 2280. The summed E-state index contributed by atoms with van der Waals surface area (Å²) in [5, 5.41) is 23.4. The lowest BCUT2D eigenvalue weighted by molar-refractivity contribution is 0.0173. The lowest BCUT2D eigenvalue weighted by Gasteiger charge is -2.39. The number of benzene rings is 4.